The molecule has 1 fully saturated rings. The van der Waals surface area contributed by atoms with E-state index in [4.69, 9.17) is 4.74 Å². The molecule has 0 bridgehead atoms. The zero-order valence-corrected chi connectivity index (χ0v) is 22.0. The van der Waals surface area contributed by atoms with Gasteiger partial charge < -0.3 is 9.84 Å². The Hall–Kier alpha value is -3.44. The highest BCUT2D eigenvalue weighted by molar-refractivity contribution is 5.87. The number of hydrogen-bond donors (Lipinski definition) is 1. The van der Waals surface area contributed by atoms with Gasteiger partial charge in [-0.15, -0.1) is 0 Å². The maximum Gasteiger partial charge on any atom is 0.316 e. The Morgan fingerprint density at radius 2 is 1.68 bits per heavy atom. The van der Waals surface area contributed by atoms with Crippen LogP contribution in [0.1, 0.15) is 63.6 Å². The zero-order valence-electron chi connectivity index (χ0n) is 22.0. The molecule has 2 aromatic carbocycles. The van der Waals surface area contributed by atoms with Crippen LogP contribution in [0.2, 0.25) is 0 Å². The van der Waals surface area contributed by atoms with Crippen LogP contribution in [-0.4, -0.2) is 27.5 Å². The van der Waals surface area contributed by atoms with Crippen molar-refractivity contribution in [3.8, 4) is 22.3 Å². The second-order valence-electron chi connectivity index (χ2n) is 10.3. The van der Waals surface area contributed by atoms with Crippen LogP contribution in [0, 0.1) is 0 Å². The molecular weight excluding hydrogens is 460 g/mol. The smallest absolute Gasteiger partial charge is 0.316 e. The Labute approximate surface area is 219 Å². The number of benzene rings is 2. The first-order chi connectivity index (χ1) is 17.9. The van der Waals surface area contributed by atoms with Gasteiger partial charge in [0.05, 0.1) is 23.9 Å². The van der Waals surface area contributed by atoms with E-state index in [1.54, 1.807) is 4.68 Å². The molecule has 5 rings (SSSR count). The molecule has 0 radical (unpaired) electrons. The third kappa shape index (κ3) is 4.80. The van der Waals surface area contributed by atoms with E-state index in [0.717, 1.165) is 65.6 Å². The Morgan fingerprint density at radius 3 is 2.24 bits per heavy atom. The van der Waals surface area contributed by atoms with Crippen LogP contribution in [-0.2, 0) is 27.6 Å². The van der Waals surface area contributed by atoms with Crippen LogP contribution in [0.15, 0.2) is 78.5 Å². The van der Waals surface area contributed by atoms with E-state index < -0.39 is 11.0 Å². The predicted octanol–water partition coefficient (Wildman–Crippen LogP) is 6.61. The Kier molecular flexibility index (Phi) is 6.91. The lowest BCUT2D eigenvalue weighted by Crippen LogP contribution is -2.28. The molecule has 5 heteroatoms. The van der Waals surface area contributed by atoms with Crippen LogP contribution in [0.25, 0.3) is 22.3 Å². The fraction of sp³-hybridized carbons (Fsp3) is 0.375. The average Bonchev–Trinajstić information content (AvgIpc) is 3.64. The van der Waals surface area contributed by atoms with Crippen molar-refractivity contribution in [1.82, 2.24) is 9.78 Å². The van der Waals surface area contributed by atoms with E-state index in [0.29, 0.717) is 13.0 Å². The molecule has 1 unspecified atom stereocenters. The summed E-state index contributed by atoms with van der Waals surface area (Å²) in [6.45, 7) is 4.46. The molecule has 1 saturated carbocycles. The molecule has 2 aliphatic rings. The molecule has 1 N–H and O–H groups in total. The second-order valence-corrected chi connectivity index (χ2v) is 10.3. The minimum atomic E-state index is -1.08. The summed E-state index contributed by atoms with van der Waals surface area (Å²) in [5.41, 5.74) is 5.75. The summed E-state index contributed by atoms with van der Waals surface area (Å²) in [4.78, 5) is 12.4. The SMILES string of the molecule is CCCCC1=CCC(O)(c2c(-c3ccc(-c4ccc(C5(C(=O)OCC)CC5)cc4)cc3)cnn2C)C=C1. The summed E-state index contributed by atoms with van der Waals surface area (Å²) in [7, 11) is 1.89. The van der Waals surface area contributed by atoms with Gasteiger partial charge in [0.25, 0.3) is 0 Å². The molecule has 5 nitrogen and oxygen atoms in total. The van der Waals surface area contributed by atoms with Gasteiger partial charge >= 0.3 is 5.97 Å². The van der Waals surface area contributed by atoms with E-state index in [-0.39, 0.29) is 5.97 Å². The molecule has 2 aliphatic carbocycles. The molecule has 0 saturated heterocycles. The first-order valence-corrected chi connectivity index (χ1v) is 13.4. The van der Waals surface area contributed by atoms with Gasteiger partial charge in [-0.1, -0.05) is 79.6 Å². The van der Waals surface area contributed by atoms with Gasteiger partial charge in [0.15, 0.2) is 0 Å². The molecule has 37 heavy (non-hydrogen) atoms. The average molecular weight is 497 g/mol. The highest BCUT2D eigenvalue weighted by atomic mass is 16.5. The summed E-state index contributed by atoms with van der Waals surface area (Å²) in [6, 6.07) is 16.6. The normalized spacial score (nSPS) is 19.9. The summed E-state index contributed by atoms with van der Waals surface area (Å²) in [5.74, 6) is -0.110. The lowest BCUT2D eigenvalue weighted by Gasteiger charge is -2.28. The fourth-order valence-corrected chi connectivity index (χ4v) is 5.40. The van der Waals surface area contributed by atoms with Crippen LogP contribution in [0.3, 0.4) is 0 Å². The summed E-state index contributed by atoms with van der Waals surface area (Å²) >= 11 is 0. The number of unbranched alkanes of at least 4 members (excludes halogenated alkanes) is 1. The third-order valence-corrected chi connectivity index (χ3v) is 7.80. The Balaban J connectivity index is 1.36. The maximum atomic E-state index is 12.4. The number of esters is 1. The largest absolute Gasteiger partial charge is 0.465 e. The van der Waals surface area contributed by atoms with Crippen molar-refractivity contribution in [3.05, 3.63) is 89.8 Å². The standard InChI is InChI=1S/C32H36N2O3/c1-4-6-7-23-16-18-32(36,19-17-23)29-28(22-33-34(29)3)26-10-8-24(9-11-26)25-12-14-27(15-13-25)31(20-21-31)30(35)37-5-2/h8-18,22,36H,4-7,19-21H2,1-3H3. The maximum absolute atomic E-state index is 12.4. The molecule has 1 aromatic heterocycles. The number of aryl methyl sites for hydroxylation is 1. The Bertz CT molecular complexity index is 1330. The third-order valence-electron chi connectivity index (χ3n) is 7.80. The van der Waals surface area contributed by atoms with Crippen molar-refractivity contribution < 1.29 is 14.6 Å². The summed E-state index contributed by atoms with van der Waals surface area (Å²) in [5, 5.41) is 16.1. The molecule has 192 valence electrons. The van der Waals surface area contributed by atoms with E-state index in [1.165, 1.54) is 5.57 Å². The van der Waals surface area contributed by atoms with Crippen molar-refractivity contribution >= 4 is 5.97 Å². The van der Waals surface area contributed by atoms with Crippen LogP contribution < -0.4 is 0 Å². The quantitative estimate of drug-likeness (QED) is 0.339. The molecule has 1 heterocycles. The van der Waals surface area contributed by atoms with Gasteiger partial charge in [-0.25, -0.2) is 0 Å². The predicted molar refractivity (Wildman–Crippen MR) is 147 cm³/mol. The minimum absolute atomic E-state index is 0.110. The molecule has 0 aliphatic heterocycles. The van der Waals surface area contributed by atoms with Gasteiger partial charge in [-0.2, -0.15) is 5.10 Å². The monoisotopic (exact) mass is 496 g/mol. The molecule has 0 amide bonds. The van der Waals surface area contributed by atoms with Crippen molar-refractivity contribution in [1.29, 1.82) is 0 Å². The number of allylic oxidation sites excluding steroid dienone is 2. The van der Waals surface area contributed by atoms with Crippen molar-refractivity contribution in [2.75, 3.05) is 6.61 Å². The van der Waals surface area contributed by atoms with Crippen LogP contribution in [0.5, 0.6) is 0 Å². The number of carbonyl (C=O) groups excluding carboxylic acids is 1. The molecule has 3 aromatic rings. The molecule has 0 spiro atoms. The fourth-order valence-electron chi connectivity index (χ4n) is 5.40. The van der Waals surface area contributed by atoms with Crippen molar-refractivity contribution in [2.45, 2.75) is 63.4 Å². The first-order valence-electron chi connectivity index (χ1n) is 13.4. The van der Waals surface area contributed by atoms with Crippen LogP contribution >= 0.6 is 0 Å². The Morgan fingerprint density at radius 1 is 1.03 bits per heavy atom. The van der Waals surface area contributed by atoms with E-state index >= 15 is 0 Å². The first kappa shape index (κ1) is 25.2. The lowest BCUT2D eigenvalue weighted by atomic mass is 9.84. The van der Waals surface area contributed by atoms with Crippen LogP contribution in [0.4, 0.5) is 0 Å². The summed E-state index contributed by atoms with van der Waals surface area (Å²) in [6.07, 6.45) is 13.6. The highest BCUT2D eigenvalue weighted by Gasteiger charge is 2.52. The molecule has 1 atom stereocenters. The molecular formula is C32H36N2O3. The van der Waals surface area contributed by atoms with Gasteiger partial charge in [0, 0.05) is 19.0 Å². The minimum Gasteiger partial charge on any atom is -0.465 e. The van der Waals surface area contributed by atoms with Gasteiger partial charge in [-0.05, 0) is 60.9 Å². The second kappa shape index (κ2) is 10.1. The van der Waals surface area contributed by atoms with E-state index in [1.807, 2.05) is 26.2 Å². The van der Waals surface area contributed by atoms with Crippen molar-refractivity contribution in [3.63, 3.8) is 0 Å². The van der Waals surface area contributed by atoms with Gasteiger partial charge in [0.2, 0.25) is 0 Å². The van der Waals surface area contributed by atoms with Crippen molar-refractivity contribution in [2.24, 2.45) is 7.05 Å². The van der Waals surface area contributed by atoms with Gasteiger partial charge in [-0.3, -0.25) is 9.48 Å². The van der Waals surface area contributed by atoms with Gasteiger partial charge in [0.1, 0.15) is 5.60 Å². The van der Waals surface area contributed by atoms with E-state index in [9.17, 15) is 9.90 Å². The number of hydrogen-bond acceptors (Lipinski definition) is 4. The number of aromatic nitrogens is 2. The number of nitrogens with zero attached hydrogens (tertiary/aromatic N) is 2. The number of rotatable bonds is 9. The lowest BCUT2D eigenvalue weighted by molar-refractivity contribution is -0.146. The highest BCUT2D eigenvalue weighted by Crippen LogP contribution is 2.49. The topological polar surface area (TPSA) is 64.3 Å². The number of aliphatic hydroxyl groups is 1. The summed E-state index contributed by atoms with van der Waals surface area (Å²) < 4.78 is 7.09. The zero-order chi connectivity index (χ0) is 26.0. The van der Waals surface area contributed by atoms with E-state index in [2.05, 4.69) is 72.7 Å². The number of ether oxygens (including phenoxy) is 1. The number of carbonyl (C=O) groups is 1.